The second kappa shape index (κ2) is 3.51. The van der Waals surface area contributed by atoms with E-state index in [2.05, 4.69) is 53.8 Å². The van der Waals surface area contributed by atoms with Crippen molar-refractivity contribution in [2.45, 2.75) is 65.1 Å². The second-order valence-electron chi connectivity index (χ2n) is 6.92. The topological polar surface area (TPSA) is 27.7 Å². The quantitative estimate of drug-likeness (QED) is 0.706. The van der Waals surface area contributed by atoms with Crippen LogP contribution in [0.3, 0.4) is 0 Å². The van der Waals surface area contributed by atoms with Crippen molar-refractivity contribution in [3.63, 3.8) is 0 Å². The molecule has 1 saturated heterocycles. The molecule has 0 amide bonds. The van der Waals surface area contributed by atoms with Crippen LogP contribution < -0.4 is 0 Å². The molecule has 0 aromatic heterocycles. The van der Waals surface area contributed by atoms with Gasteiger partial charge in [0, 0.05) is 6.08 Å². The molecule has 0 N–H and O–H groups in total. The Morgan fingerprint density at radius 3 is 2.35 bits per heavy atom. The highest BCUT2D eigenvalue weighted by Crippen LogP contribution is 2.50. The molecule has 0 aromatic carbocycles. The molecule has 0 aromatic rings. The minimum Gasteiger partial charge on any atom is -0.519 e. The Hall–Kier alpha value is -0.483. The SMILES string of the molecule is C[C@H]1O[C@@H]2OC(O[Si](C)(C)C(C)(C)C)=C[C@@]21C. The van der Waals surface area contributed by atoms with Crippen LogP contribution in [0.4, 0.5) is 0 Å². The van der Waals surface area contributed by atoms with Crippen LogP contribution in [0, 0.1) is 5.41 Å². The van der Waals surface area contributed by atoms with Crippen LogP contribution in [-0.4, -0.2) is 20.7 Å². The molecule has 0 aliphatic carbocycles. The van der Waals surface area contributed by atoms with E-state index in [1.165, 1.54) is 0 Å². The third-order valence-electron chi connectivity index (χ3n) is 4.53. The fourth-order valence-electron chi connectivity index (χ4n) is 1.79. The van der Waals surface area contributed by atoms with Crippen LogP contribution >= 0.6 is 0 Å². The summed E-state index contributed by atoms with van der Waals surface area (Å²) in [6.45, 7) is 15.4. The summed E-state index contributed by atoms with van der Waals surface area (Å²) in [4.78, 5) is 0. The molecule has 3 nitrogen and oxygen atoms in total. The van der Waals surface area contributed by atoms with Crippen LogP contribution in [0.5, 0.6) is 0 Å². The fraction of sp³-hybridized carbons (Fsp3) is 0.846. The second-order valence-corrected chi connectivity index (χ2v) is 11.6. The van der Waals surface area contributed by atoms with E-state index in [0.29, 0.717) is 5.95 Å². The minimum atomic E-state index is -1.81. The largest absolute Gasteiger partial charge is 0.519 e. The van der Waals surface area contributed by atoms with E-state index in [-0.39, 0.29) is 22.8 Å². The summed E-state index contributed by atoms with van der Waals surface area (Å²) in [7, 11) is -1.81. The van der Waals surface area contributed by atoms with Gasteiger partial charge in [-0.25, -0.2) is 0 Å². The third kappa shape index (κ3) is 1.91. The Kier molecular flexibility index (Phi) is 2.68. The first-order chi connectivity index (χ1) is 7.56. The van der Waals surface area contributed by atoms with Gasteiger partial charge >= 0.3 is 0 Å². The Balaban J connectivity index is 2.10. The fourth-order valence-corrected chi connectivity index (χ4v) is 2.71. The van der Waals surface area contributed by atoms with Crippen LogP contribution in [0.25, 0.3) is 0 Å². The van der Waals surface area contributed by atoms with Gasteiger partial charge in [-0.2, -0.15) is 0 Å². The Morgan fingerprint density at radius 1 is 1.35 bits per heavy atom. The van der Waals surface area contributed by atoms with Crippen molar-refractivity contribution in [3.8, 4) is 0 Å². The van der Waals surface area contributed by atoms with Crippen molar-refractivity contribution in [2.24, 2.45) is 5.41 Å². The average molecular weight is 256 g/mol. The van der Waals surface area contributed by atoms with Crippen molar-refractivity contribution in [1.82, 2.24) is 0 Å². The van der Waals surface area contributed by atoms with Gasteiger partial charge in [0.15, 0.2) is 0 Å². The first-order valence-corrected chi connectivity index (χ1v) is 9.21. The number of hydrogen-bond acceptors (Lipinski definition) is 3. The zero-order valence-electron chi connectivity index (χ0n) is 12.0. The number of hydrogen-bond donors (Lipinski definition) is 0. The Morgan fingerprint density at radius 2 is 1.94 bits per heavy atom. The molecule has 17 heavy (non-hydrogen) atoms. The molecule has 2 rings (SSSR count). The summed E-state index contributed by atoms with van der Waals surface area (Å²) in [5, 5.41) is 0.187. The predicted molar refractivity (Wildman–Crippen MR) is 69.9 cm³/mol. The van der Waals surface area contributed by atoms with Crippen LogP contribution in [0.15, 0.2) is 12.0 Å². The standard InChI is InChI=1S/C13H24O3Si/c1-9-13(5)8-10(15-11(13)14-9)16-17(6,7)12(2,3)4/h8-9,11H,1-7H3/t9-,11-,13-/m1/s1. The van der Waals surface area contributed by atoms with E-state index in [1.807, 2.05) is 0 Å². The summed E-state index contributed by atoms with van der Waals surface area (Å²) in [5.74, 6) is 0.674. The van der Waals surface area contributed by atoms with Gasteiger partial charge in [0.2, 0.25) is 6.29 Å². The molecule has 1 fully saturated rings. The van der Waals surface area contributed by atoms with Gasteiger partial charge in [-0.1, -0.05) is 20.8 Å². The van der Waals surface area contributed by atoms with E-state index in [9.17, 15) is 0 Å². The van der Waals surface area contributed by atoms with Gasteiger partial charge in [-0.15, -0.1) is 0 Å². The van der Waals surface area contributed by atoms with Crippen LogP contribution in [0.1, 0.15) is 34.6 Å². The van der Waals surface area contributed by atoms with Gasteiger partial charge in [0.05, 0.1) is 11.5 Å². The van der Waals surface area contributed by atoms with E-state index < -0.39 is 8.32 Å². The first kappa shape index (κ1) is 13.0. The van der Waals surface area contributed by atoms with Crippen molar-refractivity contribution in [2.75, 3.05) is 0 Å². The third-order valence-corrected chi connectivity index (χ3v) is 8.85. The monoisotopic (exact) mass is 256 g/mol. The summed E-state index contributed by atoms with van der Waals surface area (Å²) in [5.41, 5.74) is -0.00228. The predicted octanol–water partition coefficient (Wildman–Crippen LogP) is 3.63. The molecular formula is C13H24O3Si. The van der Waals surface area contributed by atoms with Crippen molar-refractivity contribution >= 4 is 8.32 Å². The van der Waals surface area contributed by atoms with Gasteiger partial charge < -0.3 is 13.9 Å². The Bertz CT molecular complexity index is 356. The molecule has 0 radical (unpaired) electrons. The number of rotatable bonds is 2. The number of ether oxygens (including phenoxy) is 2. The Labute approximate surface area is 105 Å². The van der Waals surface area contributed by atoms with Crippen molar-refractivity contribution < 1.29 is 13.9 Å². The molecule has 2 heterocycles. The lowest BCUT2D eigenvalue weighted by atomic mass is 9.80. The minimum absolute atomic E-state index is 0.00228. The average Bonchev–Trinajstić information content (AvgIpc) is 2.37. The number of fused-ring (bicyclic) bond motifs is 1. The maximum absolute atomic E-state index is 6.16. The van der Waals surface area contributed by atoms with Crippen LogP contribution in [0.2, 0.25) is 18.1 Å². The molecule has 98 valence electrons. The van der Waals surface area contributed by atoms with E-state index in [4.69, 9.17) is 13.9 Å². The molecule has 0 saturated carbocycles. The molecule has 0 bridgehead atoms. The highest BCUT2D eigenvalue weighted by molar-refractivity contribution is 6.74. The van der Waals surface area contributed by atoms with Gasteiger partial charge in [0.1, 0.15) is 0 Å². The summed E-state index contributed by atoms with van der Waals surface area (Å²) in [6, 6.07) is 0. The van der Waals surface area contributed by atoms with Crippen molar-refractivity contribution in [1.29, 1.82) is 0 Å². The smallest absolute Gasteiger partial charge is 0.264 e. The zero-order valence-corrected chi connectivity index (χ0v) is 13.0. The summed E-state index contributed by atoms with van der Waals surface area (Å²) in [6.07, 6.45) is 2.18. The lowest BCUT2D eigenvalue weighted by Gasteiger charge is -2.45. The van der Waals surface area contributed by atoms with Gasteiger partial charge in [0.25, 0.3) is 14.3 Å². The van der Waals surface area contributed by atoms with E-state index in [0.717, 1.165) is 0 Å². The van der Waals surface area contributed by atoms with E-state index in [1.54, 1.807) is 0 Å². The first-order valence-electron chi connectivity index (χ1n) is 6.30. The molecule has 3 atom stereocenters. The van der Waals surface area contributed by atoms with E-state index >= 15 is 0 Å². The normalized spacial score (nSPS) is 36.8. The van der Waals surface area contributed by atoms with Crippen molar-refractivity contribution in [3.05, 3.63) is 12.0 Å². The molecule has 0 unspecified atom stereocenters. The lowest BCUT2D eigenvalue weighted by molar-refractivity contribution is -0.299. The lowest BCUT2D eigenvalue weighted by Crippen LogP contribution is -2.53. The molecule has 4 heteroatoms. The maximum atomic E-state index is 6.16. The molecule has 2 aliphatic rings. The summed E-state index contributed by atoms with van der Waals surface area (Å²) >= 11 is 0. The maximum Gasteiger partial charge on any atom is 0.264 e. The van der Waals surface area contributed by atoms with Crippen LogP contribution in [-0.2, 0) is 13.9 Å². The molecule has 2 aliphatic heterocycles. The summed E-state index contributed by atoms with van der Waals surface area (Å²) < 4.78 is 17.4. The highest BCUT2D eigenvalue weighted by Gasteiger charge is 2.57. The molecular weight excluding hydrogens is 232 g/mol. The highest BCUT2D eigenvalue weighted by atomic mass is 28.4. The zero-order chi connectivity index (χ0) is 13.1. The molecule has 0 spiro atoms. The van der Waals surface area contributed by atoms with Gasteiger partial charge in [-0.05, 0) is 32.0 Å². The van der Waals surface area contributed by atoms with Gasteiger partial charge in [-0.3, -0.25) is 0 Å².